The lowest BCUT2D eigenvalue weighted by atomic mass is 9.91. The number of anilines is 1. The van der Waals surface area contributed by atoms with Crippen LogP contribution >= 0.6 is 31.9 Å². The van der Waals surface area contributed by atoms with Crippen molar-refractivity contribution in [3.8, 4) is 0 Å². The van der Waals surface area contributed by atoms with E-state index in [1.807, 2.05) is 0 Å². The summed E-state index contributed by atoms with van der Waals surface area (Å²) in [6.07, 6.45) is -4.72. The number of nitro groups is 1. The SMILES string of the molecule is CC(C)(C)c1cc(C(F)(F)F)n2nc(C(=O)Nc3c(Br)cc([N+](=O)[O-])cc3Br)cc2n1. The molecule has 31 heavy (non-hydrogen) atoms. The zero-order chi connectivity index (χ0) is 23.3. The summed E-state index contributed by atoms with van der Waals surface area (Å²) in [5.74, 6) is -0.814. The van der Waals surface area contributed by atoms with Crippen molar-refractivity contribution < 1.29 is 22.9 Å². The number of nitro benzene ring substituents is 1. The van der Waals surface area contributed by atoms with Crippen molar-refractivity contribution in [3.63, 3.8) is 0 Å². The van der Waals surface area contributed by atoms with Crippen molar-refractivity contribution in [2.45, 2.75) is 32.4 Å². The topological polar surface area (TPSA) is 102 Å². The zero-order valence-corrected chi connectivity index (χ0v) is 19.4. The van der Waals surface area contributed by atoms with Gasteiger partial charge in [0.1, 0.15) is 5.69 Å². The van der Waals surface area contributed by atoms with Gasteiger partial charge >= 0.3 is 6.18 Å². The quantitative estimate of drug-likeness (QED) is 0.323. The second-order valence-corrected chi connectivity index (χ2v) is 9.28. The number of fused-ring (bicyclic) bond motifs is 1. The molecule has 0 bridgehead atoms. The molecule has 8 nitrogen and oxygen atoms in total. The Balaban J connectivity index is 2.06. The van der Waals surface area contributed by atoms with E-state index in [9.17, 15) is 28.1 Å². The molecule has 164 valence electrons. The summed E-state index contributed by atoms with van der Waals surface area (Å²) in [5, 5.41) is 17.2. The van der Waals surface area contributed by atoms with E-state index in [4.69, 9.17) is 0 Å². The van der Waals surface area contributed by atoms with Crippen molar-refractivity contribution in [2.75, 3.05) is 5.32 Å². The first-order chi connectivity index (χ1) is 14.2. The van der Waals surface area contributed by atoms with Crippen LogP contribution in [0.25, 0.3) is 5.65 Å². The highest BCUT2D eigenvalue weighted by atomic mass is 79.9. The Hall–Kier alpha value is -2.54. The molecule has 0 aliphatic carbocycles. The number of carbonyl (C=O) groups excluding carboxylic acids is 1. The molecule has 0 fully saturated rings. The molecule has 1 amide bonds. The van der Waals surface area contributed by atoms with Gasteiger partial charge in [-0.1, -0.05) is 20.8 Å². The number of halogens is 5. The summed E-state index contributed by atoms with van der Waals surface area (Å²) < 4.78 is 41.8. The molecule has 0 atom stereocenters. The van der Waals surface area contributed by atoms with E-state index in [0.717, 1.165) is 12.1 Å². The number of hydrogen-bond donors (Lipinski definition) is 1. The minimum absolute atomic E-state index is 0.133. The maximum Gasteiger partial charge on any atom is 0.433 e. The first kappa shape index (κ1) is 23.1. The number of nitrogens with one attached hydrogen (secondary N) is 1. The average Bonchev–Trinajstić information content (AvgIpc) is 3.06. The number of alkyl halides is 3. The summed E-state index contributed by atoms with van der Waals surface area (Å²) >= 11 is 6.27. The standard InChI is InChI=1S/C18H14Br2F3N5O3/c1-17(2,3)12-7-13(18(21,22)23)27-14(24-12)6-11(26-27)16(29)25-15-9(19)4-8(28(30)31)5-10(15)20/h4-7H,1-3H3,(H,25,29). The Morgan fingerprint density at radius 3 is 2.19 bits per heavy atom. The molecule has 1 N–H and O–H groups in total. The van der Waals surface area contributed by atoms with Gasteiger partial charge in [-0.3, -0.25) is 14.9 Å². The molecule has 0 saturated heterocycles. The Morgan fingerprint density at radius 2 is 1.71 bits per heavy atom. The van der Waals surface area contributed by atoms with Gasteiger partial charge in [-0.05, 0) is 37.9 Å². The largest absolute Gasteiger partial charge is 0.433 e. The number of rotatable bonds is 3. The normalized spacial score (nSPS) is 12.3. The van der Waals surface area contributed by atoms with Crippen LogP contribution in [0.5, 0.6) is 0 Å². The van der Waals surface area contributed by atoms with Gasteiger partial charge < -0.3 is 5.32 Å². The smallest absolute Gasteiger partial charge is 0.319 e. The maximum atomic E-state index is 13.6. The van der Waals surface area contributed by atoms with E-state index in [1.54, 1.807) is 20.8 Å². The van der Waals surface area contributed by atoms with Crippen molar-refractivity contribution in [3.05, 3.63) is 60.4 Å². The first-order valence-electron chi connectivity index (χ1n) is 8.62. The Kier molecular flexibility index (Phi) is 5.86. The lowest BCUT2D eigenvalue weighted by Crippen LogP contribution is -2.20. The van der Waals surface area contributed by atoms with E-state index in [0.29, 0.717) is 4.52 Å². The number of non-ortho nitro benzene ring substituents is 1. The third-order valence-corrected chi connectivity index (χ3v) is 5.45. The molecule has 2 heterocycles. The number of aromatic nitrogens is 3. The molecule has 0 radical (unpaired) electrons. The monoisotopic (exact) mass is 563 g/mol. The van der Waals surface area contributed by atoms with Crippen molar-refractivity contribution in [1.82, 2.24) is 14.6 Å². The maximum absolute atomic E-state index is 13.6. The van der Waals surface area contributed by atoms with E-state index < -0.39 is 28.1 Å². The van der Waals surface area contributed by atoms with E-state index in [1.165, 1.54) is 12.1 Å². The first-order valence-corrected chi connectivity index (χ1v) is 10.2. The van der Waals surface area contributed by atoms with Crippen molar-refractivity contribution in [2.24, 2.45) is 0 Å². The molecular weight excluding hydrogens is 551 g/mol. The lowest BCUT2D eigenvalue weighted by Gasteiger charge is -2.19. The van der Waals surface area contributed by atoms with Gasteiger partial charge in [0.05, 0.1) is 16.3 Å². The molecule has 13 heteroatoms. The van der Waals surface area contributed by atoms with Crippen LogP contribution in [0.3, 0.4) is 0 Å². The molecular formula is C18H14Br2F3N5O3. The summed E-state index contributed by atoms with van der Waals surface area (Å²) in [6, 6.07) is 4.42. The number of carbonyl (C=O) groups is 1. The minimum atomic E-state index is -4.72. The number of benzene rings is 1. The fourth-order valence-corrected chi connectivity index (χ4v) is 3.99. The Morgan fingerprint density at radius 1 is 1.13 bits per heavy atom. The fourth-order valence-electron chi connectivity index (χ4n) is 2.63. The van der Waals surface area contributed by atoms with Crippen molar-refractivity contribution >= 4 is 54.8 Å². The van der Waals surface area contributed by atoms with Gasteiger partial charge in [-0.2, -0.15) is 18.3 Å². The molecule has 0 aliphatic rings. The van der Waals surface area contributed by atoms with Gasteiger partial charge in [0.25, 0.3) is 11.6 Å². The zero-order valence-electron chi connectivity index (χ0n) is 16.2. The predicted molar refractivity (Wildman–Crippen MR) is 113 cm³/mol. The van der Waals surface area contributed by atoms with Crippen LogP contribution in [-0.4, -0.2) is 25.4 Å². The second kappa shape index (κ2) is 7.86. The number of amides is 1. The third-order valence-electron chi connectivity index (χ3n) is 4.19. The molecule has 3 rings (SSSR count). The molecule has 3 aromatic rings. The molecule has 1 aromatic carbocycles. The predicted octanol–water partition coefficient (Wildman–Crippen LogP) is 5.73. The molecule has 0 saturated carbocycles. The van der Waals surface area contributed by atoms with Crippen molar-refractivity contribution in [1.29, 1.82) is 0 Å². The second-order valence-electron chi connectivity index (χ2n) is 7.57. The number of nitrogens with zero attached hydrogens (tertiary/aromatic N) is 4. The summed E-state index contributed by atoms with van der Waals surface area (Å²) in [6.45, 7) is 5.17. The molecule has 0 unspecified atom stereocenters. The van der Waals surface area contributed by atoms with Crippen LogP contribution in [0.4, 0.5) is 24.5 Å². The molecule has 0 spiro atoms. The van der Waals surface area contributed by atoms with E-state index in [2.05, 4.69) is 47.3 Å². The van der Waals surface area contributed by atoms with E-state index in [-0.39, 0.29) is 37.4 Å². The summed E-state index contributed by atoms with van der Waals surface area (Å²) in [7, 11) is 0. The van der Waals surface area contributed by atoms with Gasteiger partial charge in [-0.25, -0.2) is 9.50 Å². The van der Waals surface area contributed by atoms with Crippen LogP contribution in [0.15, 0.2) is 33.2 Å². The fraction of sp³-hybridized carbons (Fsp3) is 0.278. The van der Waals surface area contributed by atoms with Crippen LogP contribution in [0, 0.1) is 10.1 Å². The average molecular weight is 565 g/mol. The van der Waals surface area contributed by atoms with Gasteiger partial charge in [0, 0.05) is 32.6 Å². The summed E-state index contributed by atoms with van der Waals surface area (Å²) in [5.41, 5.74) is -2.03. The Labute approximate surface area is 190 Å². The summed E-state index contributed by atoms with van der Waals surface area (Å²) in [4.78, 5) is 27.2. The highest BCUT2D eigenvalue weighted by Gasteiger charge is 2.36. The van der Waals surface area contributed by atoms with Crippen LogP contribution in [0.1, 0.15) is 42.6 Å². The Bertz CT molecular complexity index is 1200. The van der Waals surface area contributed by atoms with Crippen LogP contribution < -0.4 is 5.32 Å². The highest BCUT2D eigenvalue weighted by molar-refractivity contribution is 9.11. The van der Waals surface area contributed by atoms with E-state index >= 15 is 0 Å². The van der Waals surface area contributed by atoms with Gasteiger partial charge in [0.2, 0.25) is 0 Å². The molecule has 2 aromatic heterocycles. The number of hydrogen-bond acceptors (Lipinski definition) is 5. The third kappa shape index (κ3) is 4.71. The van der Waals surface area contributed by atoms with Crippen LogP contribution in [0.2, 0.25) is 0 Å². The highest BCUT2D eigenvalue weighted by Crippen LogP contribution is 2.36. The van der Waals surface area contributed by atoms with Gasteiger partial charge in [0.15, 0.2) is 11.3 Å². The minimum Gasteiger partial charge on any atom is -0.319 e. The molecule has 0 aliphatic heterocycles. The van der Waals surface area contributed by atoms with Gasteiger partial charge in [-0.15, -0.1) is 0 Å². The lowest BCUT2D eigenvalue weighted by molar-refractivity contribution is -0.385. The van der Waals surface area contributed by atoms with Crippen LogP contribution in [-0.2, 0) is 11.6 Å².